The van der Waals surface area contributed by atoms with Crippen molar-refractivity contribution in [3.05, 3.63) is 74.6 Å². The molecule has 0 saturated carbocycles. The molecule has 0 saturated heterocycles. The van der Waals surface area contributed by atoms with Gasteiger partial charge in [0, 0.05) is 24.1 Å². The van der Waals surface area contributed by atoms with Crippen molar-refractivity contribution in [3.63, 3.8) is 0 Å². The third kappa shape index (κ3) is 8.42. The van der Waals surface area contributed by atoms with Crippen LogP contribution in [-0.4, -0.2) is 32.2 Å². The highest BCUT2D eigenvalue weighted by Crippen LogP contribution is 2.35. The molecule has 0 fully saturated rings. The van der Waals surface area contributed by atoms with Gasteiger partial charge in [-0.1, -0.05) is 51.5 Å². The summed E-state index contributed by atoms with van der Waals surface area (Å²) in [5.41, 5.74) is -1.33. The molecule has 45 heavy (non-hydrogen) atoms. The number of carbonyl (C=O) groups excluding carboxylic acids is 1. The van der Waals surface area contributed by atoms with Crippen LogP contribution in [0, 0.1) is 6.92 Å². The third-order valence-electron chi connectivity index (χ3n) is 7.69. The summed E-state index contributed by atoms with van der Waals surface area (Å²) >= 11 is 1.20. The standard InChI is InChI=1S/C33H38F3N3O5S/c1-5-6-7-8-9-10-11-12-22(3)44-30(41)20-43-24-15-13-21(2)25(18-24)31-26-17-23(14-16-27(26)45-37-31)39-29(40)19-28(33(34,35)36)38(4)32(39)42/h13-19,22H,5-12,20H2,1-4H3. The lowest BCUT2D eigenvalue weighted by Gasteiger charge is -2.14. The zero-order chi connectivity index (χ0) is 32.7. The van der Waals surface area contributed by atoms with Crippen LogP contribution in [0.15, 0.2) is 52.1 Å². The number of benzene rings is 2. The molecule has 4 aromatic rings. The second-order valence-electron chi connectivity index (χ2n) is 11.2. The predicted molar refractivity (Wildman–Crippen MR) is 169 cm³/mol. The first kappa shape index (κ1) is 34.0. The predicted octanol–water partition coefficient (Wildman–Crippen LogP) is 7.59. The molecule has 1 atom stereocenters. The zero-order valence-electron chi connectivity index (χ0n) is 25.9. The van der Waals surface area contributed by atoms with E-state index in [2.05, 4.69) is 11.3 Å². The molecular formula is C33H38F3N3O5S. The van der Waals surface area contributed by atoms with E-state index in [1.165, 1.54) is 49.7 Å². The fourth-order valence-corrected chi connectivity index (χ4v) is 5.96. The number of aryl methyl sites for hydroxylation is 1. The Bertz CT molecular complexity index is 1760. The van der Waals surface area contributed by atoms with Crippen molar-refractivity contribution in [1.82, 2.24) is 13.5 Å². The topological polar surface area (TPSA) is 92.4 Å². The number of nitrogens with zero attached hydrogens (tertiary/aromatic N) is 3. The van der Waals surface area contributed by atoms with Gasteiger partial charge in [0.25, 0.3) is 5.56 Å². The molecule has 242 valence electrons. The van der Waals surface area contributed by atoms with Gasteiger partial charge in [-0.15, -0.1) is 0 Å². The Labute approximate surface area is 263 Å². The first-order chi connectivity index (χ1) is 21.4. The van der Waals surface area contributed by atoms with Crippen molar-refractivity contribution in [1.29, 1.82) is 0 Å². The van der Waals surface area contributed by atoms with E-state index in [1.54, 1.807) is 24.3 Å². The van der Waals surface area contributed by atoms with Gasteiger partial charge < -0.3 is 9.47 Å². The molecule has 1 unspecified atom stereocenters. The van der Waals surface area contributed by atoms with Crippen LogP contribution in [0.2, 0.25) is 0 Å². The van der Waals surface area contributed by atoms with E-state index in [1.807, 2.05) is 19.9 Å². The van der Waals surface area contributed by atoms with E-state index in [4.69, 9.17) is 9.47 Å². The van der Waals surface area contributed by atoms with Crippen molar-refractivity contribution >= 4 is 27.6 Å². The second kappa shape index (κ2) is 14.9. The molecule has 2 aromatic carbocycles. The van der Waals surface area contributed by atoms with E-state index >= 15 is 0 Å². The molecule has 4 rings (SSSR count). The number of halogens is 3. The summed E-state index contributed by atoms with van der Waals surface area (Å²) in [5, 5.41) is 0.602. The smallest absolute Gasteiger partial charge is 0.431 e. The highest BCUT2D eigenvalue weighted by Gasteiger charge is 2.35. The molecule has 8 nitrogen and oxygen atoms in total. The van der Waals surface area contributed by atoms with Crippen LogP contribution in [0.3, 0.4) is 0 Å². The van der Waals surface area contributed by atoms with Gasteiger partial charge in [-0.05, 0) is 74.1 Å². The average molecular weight is 646 g/mol. The first-order valence-corrected chi connectivity index (χ1v) is 15.9. The summed E-state index contributed by atoms with van der Waals surface area (Å²) in [5.74, 6) is -0.0303. The van der Waals surface area contributed by atoms with Gasteiger partial charge in [0.15, 0.2) is 6.61 Å². The van der Waals surface area contributed by atoms with Crippen LogP contribution >= 0.6 is 11.5 Å². The first-order valence-electron chi connectivity index (χ1n) is 15.1. The lowest BCUT2D eigenvalue weighted by molar-refractivity contribution is -0.151. The number of carbonyl (C=O) groups is 1. The van der Waals surface area contributed by atoms with E-state index in [0.717, 1.165) is 36.6 Å². The minimum Gasteiger partial charge on any atom is -0.482 e. The normalized spacial score (nSPS) is 12.4. The molecule has 0 N–H and O–H groups in total. The van der Waals surface area contributed by atoms with E-state index in [9.17, 15) is 27.6 Å². The molecule has 12 heteroatoms. The Hall–Kier alpha value is -3.93. The molecule has 0 bridgehead atoms. The summed E-state index contributed by atoms with van der Waals surface area (Å²) in [4.78, 5) is 38.0. The lowest BCUT2D eigenvalue weighted by Crippen LogP contribution is -2.40. The molecule has 0 aliphatic carbocycles. The van der Waals surface area contributed by atoms with Crippen LogP contribution in [0.25, 0.3) is 27.0 Å². The van der Waals surface area contributed by atoms with Gasteiger partial charge >= 0.3 is 17.8 Å². The summed E-state index contributed by atoms with van der Waals surface area (Å²) in [7, 11) is 0.971. The molecule has 0 amide bonds. The van der Waals surface area contributed by atoms with Gasteiger partial charge in [-0.3, -0.25) is 9.36 Å². The van der Waals surface area contributed by atoms with Gasteiger partial charge in [0.1, 0.15) is 11.4 Å². The zero-order valence-corrected chi connectivity index (χ0v) is 26.7. The summed E-state index contributed by atoms with van der Waals surface area (Å²) in [6, 6.07) is 10.4. The Morgan fingerprint density at radius 2 is 1.71 bits per heavy atom. The SMILES string of the molecule is CCCCCCCCCC(C)OC(=O)COc1ccc(C)c(-c2nsc3ccc(-n4c(=O)cc(C(F)(F)F)n(C)c4=O)cc23)c1. The van der Waals surface area contributed by atoms with Gasteiger partial charge in [0.2, 0.25) is 0 Å². The molecule has 2 heterocycles. The number of hydrogen-bond donors (Lipinski definition) is 0. The van der Waals surface area contributed by atoms with E-state index in [0.29, 0.717) is 37.6 Å². The monoisotopic (exact) mass is 645 g/mol. The van der Waals surface area contributed by atoms with Crippen molar-refractivity contribution < 1.29 is 27.4 Å². The summed E-state index contributed by atoms with van der Waals surface area (Å²) < 4.78 is 57.7. The number of aromatic nitrogens is 3. The molecule has 0 spiro atoms. The molecular weight excluding hydrogens is 607 g/mol. The summed E-state index contributed by atoms with van der Waals surface area (Å²) in [6.07, 6.45) is 4.08. The van der Waals surface area contributed by atoms with Gasteiger partial charge in [-0.25, -0.2) is 14.2 Å². The number of fused-ring (bicyclic) bond motifs is 1. The van der Waals surface area contributed by atoms with Crippen LogP contribution in [0.4, 0.5) is 13.2 Å². The van der Waals surface area contributed by atoms with E-state index < -0.39 is 29.1 Å². The highest BCUT2D eigenvalue weighted by molar-refractivity contribution is 7.13. The lowest BCUT2D eigenvalue weighted by atomic mass is 10.0. The van der Waals surface area contributed by atoms with Crippen molar-refractivity contribution in [2.75, 3.05) is 6.61 Å². The molecule has 0 radical (unpaired) electrons. The van der Waals surface area contributed by atoms with Crippen LogP contribution in [0.1, 0.15) is 76.5 Å². The van der Waals surface area contributed by atoms with Crippen LogP contribution in [-0.2, 0) is 22.8 Å². The number of rotatable bonds is 14. The number of alkyl halides is 3. The van der Waals surface area contributed by atoms with Gasteiger partial charge in [-0.2, -0.15) is 17.5 Å². The van der Waals surface area contributed by atoms with Crippen LogP contribution in [0.5, 0.6) is 5.75 Å². The molecule has 2 aromatic heterocycles. The third-order valence-corrected chi connectivity index (χ3v) is 8.52. The highest BCUT2D eigenvalue weighted by atomic mass is 32.1. The maximum atomic E-state index is 13.3. The summed E-state index contributed by atoms with van der Waals surface area (Å²) in [6.45, 7) is 5.70. The Balaban J connectivity index is 1.48. The number of unbranched alkanes of at least 4 members (excludes halogenated alkanes) is 6. The fourth-order valence-electron chi connectivity index (χ4n) is 5.19. The molecule has 0 aliphatic rings. The minimum absolute atomic E-state index is 0.113. The second-order valence-corrected chi connectivity index (χ2v) is 12.0. The van der Waals surface area contributed by atoms with Crippen molar-refractivity contribution in [2.24, 2.45) is 7.05 Å². The van der Waals surface area contributed by atoms with Crippen molar-refractivity contribution in [2.45, 2.75) is 84.4 Å². The number of esters is 1. The van der Waals surface area contributed by atoms with Crippen molar-refractivity contribution in [3.8, 4) is 22.7 Å². The Kier molecular flexibility index (Phi) is 11.2. The number of hydrogen-bond acceptors (Lipinski definition) is 7. The average Bonchev–Trinajstić information content (AvgIpc) is 3.41. The van der Waals surface area contributed by atoms with Crippen LogP contribution < -0.4 is 16.0 Å². The Morgan fingerprint density at radius 1 is 1.00 bits per heavy atom. The van der Waals surface area contributed by atoms with Gasteiger partial charge in [0.05, 0.1) is 22.2 Å². The van der Waals surface area contributed by atoms with E-state index in [-0.39, 0.29) is 18.4 Å². The molecule has 0 aliphatic heterocycles. The Morgan fingerprint density at radius 3 is 2.42 bits per heavy atom. The quantitative estimate of drug-likeness (QED) is 0.104. The minimum atomic E-state index is -4.85. The number of ether oxygens (including phenoxy) is 2. The maximum absolute atomic E-state index is 13.3. The largest absolute Gasteiger partial charge is 0.482 e. The maximum Gasteiger partial charge on any atom is 0.431 e. The fraction of sp³-hybridized carbons (Fsp3) is 0.455.